The van der Waals surface area contributed by atoms with Crippen molar-refractivity contribution in [2.45, 2.75) is 31.8 Å². The van der Waals surface area contributed by atoms with Crippen LogP contribution in [0.25, 0.3) is 0 Å². The molecule has 0 radical (unpaired) electrons. The van der Waals surface area contributed by atoms with E-state index in [-0.39, 0.29) is 23.6 Å². The summed E-state index contributed by atoms with van der Waals surface area (Å²) in [5, 5.41) is 5.94. The van der Waals surface area contributed by atoms with Crippen LogP contribution in [0.5, 0.6) is 0 Å². The number of carbonyl (C=O) groups is 2. The normalized spacial score (nSPS) is 15.0. The van der Waals surface area contributed by atoms with Crippen LogP contribution in [0.3, 0.4) is 0 Å². The fraction of sp³-hybridized carbons (Fsp3) is 0.259. The molecule has 3 aromatic rings. The first-order valence-corrected chi connectivity index (χ1v) is 11.4. The number of anilines is 1. The summed E-state index contributed by atoms with van der Waals surface area (Å²) < 4.78 is 26.9. The molecule has 3 aromatic carbocycles. The first kappa shape index (κ1) is 23.4. The minimum absolute atomic E-state index is 0.0329. The maximum absolute atomic E-state index is 13.4. The van der Waals surface area contributed by atoms with E-state index in [0.29, 0.717) is 31.5 Å². The summed E-state index contributed by atoms with van der Waals surface area (Å²) in [7, 11) is 0. The van der Waals surface area contributed by atoms with Crippen LogP contribution in [-0.2, 0) is 0 Å². The Labute approximate surface area is 197 Å². The van der Waals surface area contributed by atoms with Crippen LogP contribution in [0.15, 0.2) is 72.8 Å². The number of nitrogens with zero attached hydrogens (tertiary/aromatic N) is 1. The Bertz CT molecular complexity index is 1140. The van der Waals surface area contributed by atoms with E-state index in [0.717, 1.165) is 29.4 Å². The lowest BCUT2D eigenvalue weighted by Crippen LogP contribution is -2.45. The predicted molar refractivity (Wildman–Crippen MR) is 128 cm³/mol. The van der Waals surface area contributed by atoms with Crippen molar-refractivity contribution < 1.29 is 18.4 Å². The molecule has 0 unspecified atom stereocenters. The molecule has 0 spiro atoms. The van der Waals surface area contributed by atoms with E-state index < -0.39 is 17.5 Å². The van der Waals surface area contributed by atoms with Gasteiger partial charge >= 0.3 is 0 Å². The number of hydrogen-bond acceptors (Lipinski definition) is 3. The highest BCUT2D eigenvalue weighted by Crippen LogP contribution is 2.25. The lowest BCUT2D eigenvalue weighted by atomic mass is 10.0. The average molecular weight is 464 g/mol. The first-order chi connectivity index (χ1) is 16.4. The van der Waals surface area contributed by atoms with Crippen molar-refractivity contribution in [3.05, 3.63) is 101 Å². The Morgan fingerprint density at radius 3 is 2.18 bits per heavy atom. The van der Waals surface area contributed by atoms with Gasteiger partial charge in [0.15, 0.2) is 0 Å². The topological polar surface area (TPSA) is 61.4 Å². The molecule has 7 heteroatoms. The molecule has 4 rings (SSSR count). The fourth-order valence-corrected chi connectivity index (χ4v) is 4.26. The highest BCUT2D eigenvalue weighted by Gasteiger charge is 2.25. The van der Waals surface area contributed by atoms with E-state index >= 15 is 0 Å². The summed E-state index contributed by atoms with van der Waals surface area (Å²) in [5.74, 6) is -2.20. The maximum atomic E-state index is 13.4. The highest BCUT2D eigenvalue weighted by molar-refractivity contribution is 6.00. The third-order valence-corrected chi connectivity index (χ3v) is 6.09. The Morgan fingerprint density at radius 1 is 0.882 bits per heavy atom. The Balaban J connectivity index is 1.38. The number of hydrogen-bond donors (Lipinski definition) is 2. The second-order valence-corrected chi connectivity index (χ2v) is 8.52. The molecule has 1 aliphatic rings. The molecule has 1 atom stereocenters. The van der Waals surface area contributed by atoms with Crippen molar-refractivity contribution in [3.8, 4) is 0 Å². The number of halogens is 2. The lowest BCUT2D eigenvalue weighted by Gasteiger charge is -2.35. The molecule has 0 saturated carbocycles. The zero-order valence-electron chi connectivity index (χ0n) is 18.9. The molecule has 0 bridgehead atoms. The standard InChI is InChI=1S/C27H27F2N3O2/c1-18(19-7-3-2-4-8-19)30-27(34)24-9-5-6-10-25(24)32-13-11-23(12-14-32)31-26(33)20-15-21(28)17-22(29)16-20/h2-10,15-18,23H,11-14H2,1H3,(H,30,34)(H,31,33)/t18-/m1/s1. The average Bonchev–Trinajstić information content (AvgIpc) is 2.84. The minimum Gasteiger partial charge on any atom is -0.371 e. The fourth-order valence-electron chi connectivity index (χ4n) is 4.26. The van der Waals surface area contributed by atoms with Crippen LogP contribution >= 0.6 is 0 Å². The van der Waals surface area contributed by atoms with Gasteiger partial charge in [-0.3, -0.25) is 9.59 Å². The number of para-hydroxylation sites is 1. The molecule has 0 aliphatic carbocycles. The monoisotopic (exact) mass is 463 g/mol. The van der Waals surface area contributed by atoms with Gasteiger partial charge in [-0.15, -0.1) is 0 Å². The maximum Gasteiger partial charge on any atom is 0.253 e. The van der Waals surface area contributed by atoms with E-state index in [1.54, 1.807) is 0 Å². The molecule has 2 N–H and O–H groups in total. The SMILES string of the molecule is C[C@@H](NC(=O)c1ccccc1N1CCC(NC(=O)c2cc(F)cc(F)c2)CC1)c1ccccc1. The summed E-state index contributed by atoms with van der Waals surface area (Å²) in [6.07, 6.45) is 1.31. The van der Waals surface area contributed by atoms with Crippen LogP contribution in [0.4, 0.5) is 14.5 Å². The highest BCUT2D eigenvalue weighted by atomic mass is 19.1. The van der Waals surface area contributed by atoms with Crippen molar-refractivity contribution >= 4 is 17.5 Å². The molecule has 176 valence electrons. The van der Waals surface area contributed by atoms with Crippen molar-refractivity contribution in [2.75, 3.05) is 18.0 Å². The van der Waals surface area contributed by atoms with E-state index in [9.17, 15) is 18.4 Å². The van der Waals surface area contributed by atoms with Crippen molar-refractivity contribution in [3.63, 3.8) is 0 Å². The van der Waals surface area contributed by atoms with Crippen LogP contribution in [0.1, 0.15) is 52.1 Å². The Morgan fingerprint density at radius 2 is 1.50 bits per heavy atom. The van der Waals surface area contributed by atoms with Crippen molar-refractivity contribution in [2.24, 2.45) is 0 Å². The van der Waals surface area contributed by atoms with Gasteiger partial charge in [0, 0.05) is 36.4 Å². The van der Waals surface area contributed by atoms with Gasteiger partial charge in [0.05, 0.1) is 11.6 Å². The van der Waals surface area contributed by atoms with Gasteiger partial charge in [-0.1, -0.05) is 42.5 Å². The summed E-state index contributed by atoms with van der Waals surface area (Å²) in [4.78, 5) is 27.6. The van der Waals surface area contributed by atoms with Crippen molar-refractivity contribution in [1.29, 1.82) is 0 Å². The Hall–Kier alpha value is -3.74. The Kier molecular flexibility index (Phi) is 7.21. The molecule has 0 aromatic heterocycles. The predicted octanol–water partition coefficient (Wildman–Crippen LogP) is 4.85. The van der Waals surface area contributed by atoms with E-state index in [2.05, 4.69) is 15.5 Å². The zero-order chi connectivity index (χ0) is 24.1. The van der Waals surface area contributed by atoms with E-state index in [4.69, 9.17) is 0 Å². The number of carbonyl (C=O) groups excluding carboxylic acids is 2. The number of benzene rings is 3. The largest absolute Gasteiger partial charge is 0.371 e. The van der Waals surface area contributed by atoms with Gasteiger partial charge in [0.1, 0.15) is 11.6 Å². The summed E-state index contributed by atoms with van der Waals surface area (Å²) in [6.45, 7) is 3.23. The van der Waals surface area contributed by atoms with Crippen LogP contribution in [-0.4, -0.2) is 30.9 Å². The van der Waals surface area contributed by atoms with Crippen LogP contribution in [0, 0.1) is 11.6 Å². The third kappa shape index (κ3) is 5.60. The molecule has 5 nitrogen and oxygen atoms in total. The van der Waals surface area contributed by atoms with E-state index in [1.165, 1.54) is 0 Å². The summed E-state index contributed by atoms with van der Waals surface area (Å²) in [6, 6.07) is 19.8. The molecule has 1 fully saturated rings. The molecular weight excluding hydrogens is 436 g/mol. The second kappa shape index (κ2) is 10.5. The molecule has 1 heterocycles. The van der Waals surface area contributed by atoms with Gasteiger partial charge in [-0.25, -0.2) is 8.78 Å². The smallest absolute Gasteiger partial charge is 0.253 e. The lowest BCUT2D eigenvalue weighted by molar-refractivity contribution is 0.0927. The van der Waals surface area contributed by atoms with Gasteiger partial charge in [-0.05, 0) is 49.6 Å². The molecule has 1 aliphatic heterocycles. The van der Waals surface area contributed by atoms with Gasteiger partial charge in [0.25, 0.3) is 11.8 Å². The van der Waals surface area contributed by atoms with Crippen LogP contribution in [0.2, 0.25) is 0 Å². The number of rotatable bonds is 6. The third-order valence-electron chi connectivity index (χ3n) is 6.09. The quantitative estimate of drug-likeness (QED) is 0.549. The summed E-state index contributed by atoms with van der Waals surface area (Å²) in [5.41, 5.74) is 2.44. The molecule has 1 saturated heterocycles. The molecular formula is C27H27F2N3O2. The second-order valence-electron chi connectivity index (χ2n) is 8.52. The number of amides is 2. The molecule has 34 heavy (non-hydrogen) atoms. The van der Waals surface area contributed by atoms with Crippen LogP contribution < -0.4 is 15.5 Å². The van der Waals surface area contributed by atoms with Gasteiger partial charge in [0.2, 0.25) is 0 Å². The minimum atomic E-state index is -0.781. The number of nitrogens with one attached hydrogen (secondary N) is 2. The van der Waals surface area contributed by atoms with Gasteiger partial charge < -0.3 is 15.5 Å². The molecule has 2 amide bonds. The first-order valence-electron chi connectivity index (χ1n) is 11.4. The number of piperidine rings is 1. The van der Waals surface area contributed by atoms with Gasteiger partial charge in [-0.2, -0.15) is 0 Å². The van der Waals surface area contributed by atoms with E-state index in [1.807, 2.05) is 61.5 Å². The summed E-state index contributed by atoms with van der Waals surface area (Å²) >= 11 is 0. The zero-order valence-corrected chi connectivity index (χ0v) is 18.9. The van der Waals surface area contributed by atoms with Crippen molar-refractivity contribution in [1.82, 2.24) is 10.6 Å².